The number of halogens is 3. The summed E-state index contributed by atoms with van der Waals surface area (Å²) < 4.78 is 67.1. The highest BCUT2D eigenvalue weighted by Gasteiger charge is 2.48. The normalized spacial score (nSPS) is 21.8. The topological polar surface area (TPSA) is 99.1 Å². The zero-order chi connectivity index (χ0) is 22.9. The lowest BCUT2D eigenvalue weighted by Gasteiger charge is -2.29. The number of nitrogens with one attached hydrogen (secondary N) is 2. The van der Waals surface area contributed by atoms with Crippen LogP contribution < -0.4 is 10.6 Å². The van der Waals surface area contributed by atoms with Crippen LogP contribution in [0.5, 0.6) is 0 Å². The van der Waals surface area contributed by atoms with E-state index in [1.54, 1.807) is 0 Å². The van der Waals surface area contributed by atoms with E-state index in [9.17, 15) is 31.6 Å². The van der Waals surface area contributed by atoms with Gasteiger partial charge < -0.3 is 5.32 Å². The summed E-state index contributed by atoms with van der Waals surface area (Å²) in [4.78, 5) is 12.8. The Balaban J connectivity index is 1.83. The molecule has 11 heteroatoms. The molecule has 6 nitrogen and oxygen atoms in total. The van der Waals surface area contributed by atoms with Crippen molar-refractivity contribution in [3.63, 3.8) is 0 Å². The van der Waals surface area contributed by atoms with Crippen LogP contribution in [0.4, 0.5) is 13.2 Å². The monoisotopic (exact) mass is 477 g/mol. The fraction of sp³-hybridized carbons (Fsp3) is 0.700. The summed E-state index contributed by atoms with van der Waals surface area (Å²) in [5.74, 6) is -1.83. The predicted molar refractivity (Wildman–Crippen MR) is 111 cm³/mol. The Labute approximate surface area is 184 Å². The molecule has 1 heterocycles. The van der Waals surface area contributed by atoms with Crippen LogP contribution in [0.1, 0.15) is 56.4 Å². The number of alkyl halides is 3. The Kier molecular flexibility index (Phi) is 6.75. The second-order valence-electron chi connectivity index (χ2n) is 8.96. The molecule has 0 aromatic carbocycles. The van der Waals surface area contributed by atoms with Gasteiger partial charge in [0.1, 0.15) is 17.6 Å². The summed E-state index contributed by atoms with van der Waals surface area (Å²) in [6, 6.07) is 0.883. The highest BCUT2D eigenvalue weighted by atomic mass is 32.2. The second kappa shape index (κ2) is 8.71. The number of nitrogens with zero attached hydrogens (tertiary/aromatic N) is 1. The van der Waals surface area contributed by atoms with Crippen molar-refractivity contribution in [2.45, 2.75) is 69.2 Å². The Hall–Kier alpha value is -1.64. The molecule has 0 radical (unpaired) electrons. The molecule has 0 spiro atoms. The second-order valence-corrected chi connectivity index (χ2v) is 12.1. The van der Waals surface area contributed by atoms with Crippen molar-refractivity contribution in [3.05, 3.63) is 22.4 Å². The average molecular weight is 478 g/mol. The molecule has 0 aliphatic heterocycles. The van der Waals surface area contributed by atoms with E-state index in [-0.39, 0.29) is 10.6 Å². The van der Waals surface area contributed by atoms with Gasteiger partial charge in [-0.15, -0.1) is 11.3 Å². The van der Waals surface area contributed by atoms with Crippen LogP contribution in [-0.2, 0) is 14.6 Å². The molecule has 1 aromatic rings. The van der Waals surface area contributed by atoms with Crippen molar-refractivity contribution in [3.8, 4) is 6.07 Å². The maximum absolute atomic E-state index is 13.8. The van der Waals surface area contributed by atoms with E-state index in [1.807, 2.05) is 13.0 Å². The number of hydrogen-bond donors (Lipinski definition) is 2. The van der Waals surface area contributed by atoms with Gasteiger partial charge in [-0.1, -0.05) is 25.8 Å². The minimum atomic E-state index is -4.73. The van der Waals surface area contributed by atoms with E-state index in [0.29, 0.717) is 12.8 Å². The standard InChI is InChI=1S/C20H26F3N3O3S2/c1-18(6-2-3-7-18)13-31(28,29)11-14(17(27)26-19(12-24)8-9-19)25-16(20(21,22)23)15-5-4-10-30-15/h4-5,10,14,16,25H,2-3,6-9,11,13H2,1H3,(H,26,27)/t14-,16+/m0/s1. The highest BCUT2D eigenvalue weighted by Crippen LogP contribution is 2.40. The maximum atomic E-state index is 13.8. The number of sulfone groups is 1. The lowest BCUT2D eigenvalue weighted by molar-refractivity contribution is -0.159. The van der Waals surface area contributed by atoms with Crippen LogP contribution in [0.3, 0.4) is 0 Å². The number of hydrogen-bond acceptors (Lipinski definition) is 6. The number of nitriles is 1. The fourth-order valence-electron chi connectivity index (χ4n) is 4.12. The van der Waals surface area contributed by atoms with Gasteiger partial charge in [0.2, 0.25) is 5.91 Å². The Morgan fingerprint density at radius 1 is 1.29 bits per heavy atom. The van der Waals surface area contributed by atoms with Gasteiger partial charge in [-0.25, -0.2) is 8.42 Å². The van der Waals surface area contributed by atoms with Crippen LogP contribution in [0.2, 0.25) is 0 Å². The summed E-state index contributed by atoms with van der Waals surface area (Å²) in [5, 5.41) is 15.4. The number of thiophene rings is 1. The van der Waals surface area contributed by atoms with E-state index in [0.717, 1.165) is 37.0 Å². The smallest absolute Gasteiger partial charge is 0.336 e. The first-order valence-electron chi connectivity index (χ1n) is 10.2. The predicted octanol–water partition coefficient (Wildman–Crippen LogP) is 3.48. The van der Waals surface area contributed by atoms with Crippen molar-refractivity contribution >= 4 is 27.1 Å². The van der Waals surface area contributed by atoms with Gasteiger partial charge in [0.15, 0.2) is 9.84 Å². The van der Waals surface area contributed by atoms with Crippen LogP contribution in [-0.4, -0.2) is 43.6 Å². The number of rotatable bonds is 9. The minimum absolute atomic E-state index is 0.0631. The van der Waals surface area contributed by atoms with E-state index in [4.69, 9.17) is 0 Å². The molecule has 2 N–H and O–H groups in total. The summed E-state index contributed by atoms with van der Waals surface area (Å²) in [6.45, 7) is 1.86. The van der Waals surface area contributed by atoms with Gasteiger partial charge in [-0.3, -0.25) is 10.1 Å². The van der Waals surface area contributed by atoms with Gasteiger partial charge in [0, 0.05) is 4.88 Å². The van der Waals surface area contributed by atoms with Gasteiger partial charge >= 0.3 is 6.18 Å². The molecule has 2 saturated carbocycles. The molecule has 2 aliphatic rings. The van der Waals surface area contributed by atoms with E-state index in [2.05, 4.69) is 10.6 Å². The first-order valence-corrected chi connectivity index (χ1v) is 12.9. The average Bonchev–Trinajstić information content (AvgIpc) is 3.02. The molecule has 1 amide bonds. The molecule has 31 heavy (non-hydrogen) atoms. The van der Waals surface area contributed by atoms with Gasteiger partial charge in [0.05, 0.1) is 17.6 Å². The SMILES string of the molecule is CC1(CS(=O)(=O)C[C@H](N[C@H](c2cccs2)C(F)(F)F)C(=O)NC2(C#N)CC2)CCCC1. The molecule has 0 saturated heterocycles. The van der Waals surface area contributed by atoms with Gasteiger partial charge in [-0.2, -0.15) is 18.4 Å². The van der Waals surface area contributed by atoms with E-state index >= 15 is 0 Å². The first kappa shape index (κ1) is 24.0. The molecule has 2 aliphatic carbocycles. The third kappa shape index (κ3) is 6.20. The molecule has 3 rings (SSSR count). The molecule has 1 aromatic heterocycles. The zero-order valence-corrected chi connectivity index (χ0v) is 18.8. The fourth-order valence-corrected chi connectivity index (χ4v) is 7.16. The summed E-state index contributed by atoms with van der Waals surface area (Å²) >= 11 is 0.869. The number of amides is 1. The molecule has 172 valence electrons. The molecule has 2 fully saturated rings. The quantitative estimate of drug-likeness (QED) is 0.567. The number of carbonyl (C=O) groups is 1. The van der Waals surface area contributed by atoms with Crippen molar-refractivity contribution in [1.29, 1.82) is 5.26 Å². The van der Waals surface area contributed by atoms with E-state index in [1.165, 1.54) is 17.5 Å². The molecule has 2 atom stereocenters. The Morgan fingerprint density at radius 3 is 2.42 bits per heavy atom. The van der Waals surface area contributed by atoms with Crippen molar-refractivity contribution < 1.29 is 26.4 Å². The van der Waals surface area contributed by atoms with Crippen LogP contribution in [0.25, 0.3) is 0 Å². The third-order valence-corrected chi connectivity index (χ3v) is 8.88. The van der Waals surface area contributed by atoms with Crippen molar-refractivity contribution in [2.75, 3.05) is 11.5 Å². The molecular weight excluding hydrogens is 451 g/mol. The number of carbonyl (C=O) groups excluding carboxylic acids is 1. The van der Waals surface area contributed by atoms with Gasteiger partial charge in [0.25, 0.3) is 0 Å². The third-order valence-electron chi connectivity index (χ3n) is 5.97. The van der Waals surface area contributed by atoms with Crippen molar-refractivity contribution in [2.24, 2.45) is 5.41 Å². The lowest BCUT2D eigenvalue weighted by atomic mass is 9.92. The largest absolute Gasteiger partial charge is 0.408 e. The molecular formula is C20H26F3N3O3S2. The molecule has 0 bridgehead atoms. The van der Waals surface area contributed by atoms with Crippen LogP contribution >= 0.6 is 11.3 Å². The Morgan fingerprint density at radius 2 is 1.94 bits per heavy atom. The zero-order valence-electron chi connectivity index (χ0n) is 17.2. The van der Waals surface area contributed by atoms with Crippen LogP contribution in [0.15, 0.2) is 17.5 Å². The lowest BCUT2D eigenvalue weighted by Crippen LogP contribution is -2.54. The Bertz CT molecular complexity index is 929. The summed E-state index contributed by atoms with van der Waals surface area (Å²) in [7, 11) is -3.84. The van der Waals surface area contributed by atoms with Crippen LogP contribution in [0, 0.1) is 16.7 Å². The summed E-state index contributed by atoms with van der Waals surface area (Å²) in [6.07, 6.45) is -0.665. The van der Waals surface area contributed by atoms with Crippen molar-refractivity contribution in [1.82, 2.24) is 10.6 Å². The first-order chi connectivity index (χ1) is 14.4. The summed E-state index contributed by atoms with van der Waals surface area (Å²) in [5.41, 5.74) is -1.55. The highest BCUT2D eigenvalue weighted by molar-refractivity contribution is 7.91. The minimum Gasteiger partial charge on any atom is -0.336 e. The molecule has 0 unspecified atom stereocenters. The van der Waals surface area contributed by atoms with E-state index < -0.39 is 50.7 Å². The van der Waals surface area contributed by atoms with Gasteiger partial charge in [-0.05, 0) is 42.5 Å². The maximum Gasteiger partial charge on any atom is 0.408 e.